The third kappa shape index (κ3) is 2.03. The van der Waals surface area contributed by atoms with Gasteiger partial charge in [0.15, 0.2) is 0 Å². The zero-order valence-electron chi connectivity index (χ0n) is 11.5. The second kappa shape index (κ2) is 4.81. The van der Waals surface area contributed by atoms with Gasteiger partial charge >= 0.3 is 12.0 Å². The van der Waals surface area contributed by atoms with E-state index in [1.165, 1.54) is 5.56 Å². The van der Waals surface area contributed by atoms with E-state index in [4.69, 9.17) is 5.11 Å². The molecule has 5 nitrogen and oxygen atoms in total. The average Bonchev–Trinajstić information content (AvgIpc) is 3.01. The summed E-state index contributed by atoms with van der Waals surface area (Å²) in [6.45, 7) is 3.41. The predicted octanol–water partition coefficient (Wildman–Crippen LogP) is 1.82. The summed E-state index contributed by atoms with van der Waals surface area (Å²) in [7, 11) is 0. The molecule has 1 aromatic carbocycles. The molecule has 3 rings (SSSR count). The molecule has 0 spiro atoms. The van der Waals surface area contributed by atoms with Crippen LogP contribution in [0.3, 0.4) is 0 Å². The third-order valence-electron chi connectivity index (χ3n) is 4.32. The summed E-state index contributed by atoms with van der Waals surface area (Å²) >= 11 is 0. The quantitative estimate of drug-likeness (QED) is 0.849. The molecule has 0 saturated carbocycles. The number of nitrogens with zero attached hydrogens (tertiary/aromatic N) is 2. The Hall–Kier alpha value is -2.04. The van der Waals surface area contributed by atoms with Gasteiger partial charge in [-0.1, -0.05) is 25.1 Å². The SMILES string of the molecule is C[C@@H]1CN(C(=O)N2CCc3ccccc32)C[C@H]1C(=O)O. The minimum atomic E-state index is -0.811. The normalized spacial score (nSPS) is 24.9. The predicted molar refractivity (Wildman–Crippen MR) is 74.8 cm³/mol. The standard InChI is InChI=1S/C15H18N2O3/c1-10-8-16(9-12(10)14(18)19)15(20)17-7-6-11-4-2-3-5-13(11)17/h2-5,10,12H,6-9H2,1H3,(H,18,19)/t10-,12-/m1/s1. The Labute approximate surface area is 117 Å². The number of carbonyl (C=O) groups is 2. The highest BCUT2D eigenvalue weighted by Crippen LogP contribution is 2.31. The van der Waals surface area contributed by atoms with Gasteiger partial charge in [-0.3, -0.25) is 9.69 Å². The number of hydrogen-bond acceptors (Lipinski definition) is 2. The maximum atomic E-state index is 12.6. The van der Waals surface area contributed by atoms with E-state index in [1.807, 2.05) is 31.2 Å². The smallest absolute Gasteiger partial charge is 0.324 e. The van der Waals surface area contributed by atoms with E-state index in [2.05, 4.69) is 0 Å². The van der Waals surface area contributed by atoms with Gasteiger partial charge in [-0.25, -0.2) is 4.79 Å². The highest BCUT2D eigenvalue weighted by atomic mass is 16.4. The van der Waals surface area contributed by atoms with Crippen molar-refractivity contribution >= 4 is 17.7 Å². The van der Waals surface area contributed by atoms with Gasteiger partial charge in [-0.2, -0.15) is 0 Å². The average molecular weight is 274 g/mol. The van der Waals surface area contributed by atoms with E-state index in [-0.39, 0.29) is 11.9 Å². The van der Waals surface area contributed by atoms with Crippen LogP contribution in [0.1, 0.15) is 12.5 Å². The van der Waals surface area contributed by atoms with Gasteiger partial charge in [0, 0.05) is 25.3 Å². The van der Waals surface area contributed by atoms with Crippen molar-refractivity contribution in [2.24, 2.45) is 11.8 Å². The number of carboxylic acids is 1. The van der Waals surface area contributed by atoms with Crippen LogP contribution in [0.15, 0.2) is 24.3 Å². The Morgan fingerprint density at radius 3 is 2.70 bits per heavy atom. The van der Waals surface area contributed by atoms with Crippen LogP contribution in [0.2, 0.25) is 0 Å². The fourth-order valence-corrected chi connectivity index (χ4v) is 3.15. The molecule has 5 heteroatoms. The zero-order chi connectivity index (χ0) is 14.3. The summed E-state index contributed by atoms with van der Waals surface area (Å²) in [6.07, 6.45) is 0.869. The van der Waals surface area contributed by atoms with Gasteiger partial charge in [-0.05, 0) is 24.0 Å². The largest absolute Gasteiger partial charge is 0.481 e. The molecule has 2 amide bonds. The Morgan fingerprint density at radius 1 is 1.25 bits per heavy atom. The first kappa shape index (κ1) is 13.0. The van der Waals surface area contributed by atoms with Crippen molar-refractivity contribution < 1.29 is 14.7 Å². The number of carboxylic acid groups (broad SMARTS) is 1. The summed E-state index contributed by atoms with van der Waals surface area (Å²) in [5, 5.41) is 9.15. The lowest BCUT2D eigenvalue weighted by molar-refractivity contribution is -0.142. The number of hydrogen-bond donors (Lipinski definition) is 1. The van der Waals surface area contributed by atoms with Gasteiger partial charge in [0.25, 0.3) is 0 Å². The molecule has 0 bridgehead atoms. The third-order valence-corrected chi connectivity index (χ3v) is 4.32. The number of rotatable bonds is 1. The topological polar surface area (TPSA) is 60.9 Å². The summed E-state index contributed by atoms with van der Waals surface area (Å²) in [5.41, 5.74) is 2.15. The Kier molecular flexibility index (Phi) is 3.12. The van der Waals surface area contributed by atoms with E-state index >= 15 is 0 Å². The number of benzene rings is 1. The summed E-state index contributed by atoms with van der Waals surface area (Å²) in [6, 6.07) is 7.83. The van der Waals surface area contributed by atoms with E-state index < -0.39 is 11.9 Å². The molecule has 0 radical (unpaired) electrons. The molecule has 2 aliphatic rings. The van der Waals surface area contributed by atoms with Crippen molar-refractivity contribution in [1.29, 1.82) is 0 Å². The number of fused-ring (bicyclic) bond motifs is 1. The van der Waals surface area contributed by atoms with Crippen molar-refractivity contribution in [3.05, 3.63) is 29.8 Å². The van der Waals surface area contributed by atoms with Gasteiger partial charge in [0.2, 0.25) is 0 Å². The number of aliphatic carboxylic acids is 1. The van der Waals surface area contributed by atoms with Crippen LogP contribution in [-0.2, 0) is 11.2 Å². The van der Waals surface area contributed by atoms with Crippen LogP contribution >= 0.6 is 0 Å². The number of amides is 2. The maximum absolute atomic E-state index is 12.6. The molecule has 1 N–H and O–H groups in total. The number of urea groups is 1. The fraction of sp³-hybridized carbons (Fsp3) is 0.467. The lowest BCUT2D eigenvalue weighted by Crippen LogP contribution is -2.41. The molecule has 0 aromatic heterocycles. The lowest BCUT2D eigenvalue weighted by Gasteiger charge is -2.24. The van der Waals surface area contributed by atoms with Gasteiger partial charge < -0.3 is 10.0 Å². The van der Waals surface area contributed by atoms with Crippen LogP contribution < -0.4 is 4.90 Å². The molecule has 2 atom stereocenters. The highest BCUT2D eigenvalue weighted by molar-refractivity contribution is 5.94. The van der Waals surface area contributed by atoms with Crippen LogP contribution in [-0.4, -0.2) is 41.6 Å². The van der Waals surface area contributed by atoms with E-state index in [1.54, 1.807) is 9.80 Å². The van der Waals surface area contributed by atoms with E-state index in [9.17, 15) is 9.59 Å². The fourth-order valence-electron chi connectivity index (χ4n) is 3.15. The van der Waals surface area contributed by atoms with Crippen molar-refractivity contribution in [3.8, 4) is 0 Å². The Balaban J connectivity index is 1.77. The van der Waals surface area contributed by atoms with Gasteiger partial charge in [0.1, 0.15) is 0 Å². The second-order valence-electron chi connectivity index (χ2n) is 5.64. The van der Waals surface area contributed by atoms with Crippen LogP contribution in [0.25, 0.3) is 0 Å². The number of para-hydroxylation sites is 1. The summed E-state index contributed by atoms with van der Waals surface area (Å²) in [4.78, 5) is 27.2. The molecule has 2 aliphatic heterocycles. The Morgan fingerprint density at radius 2 is 2.00 bits per heavy atom. The molecule has 106 valence electrons. The van der Waals surface area contributed by atoms with Crippen LogP contribution in [0.5, 0.6) is 0 Å². The summed E-state index contributed by atoms with van der Waals surface area (Å²) in [5.74, 6) is -1.25. The van der Waals surface area contributed by atoms with Crippen molar-refractivity contribution in [3.63, 3.8) is 0 Å². The van der Waals surface area contributed by atoms with Crippen molar-refractivity contribution in [1.82, 2.24) is 4.90 Å². The minimum absolute atomic E-state index is 0.00861. The summed E-state index contributed by atoms with van der Waals surface area (Å²) < 4.78 is 0. The van der Waals surface area contributed by atoms with Crippen molar-refractivity contribution in [2.45, 2.75) is 13.3 Å². The molecule has 0 aliphatic carbocycles. The Bertz CT molecular complexity index is 558. The molecular formula is C15H18N2O3. The zero-order valence-corrected chi connectivity index (χ0v) is 11.5. The lowest BCUT2D eigenvalue weighted by atomic mass is 9.99. The van der Waals surface area contributed by atoms with E-state index in [0.29, 0.717) is 19.6 Å². The molecule has 1 aromatic rings. The number of anilines is 1. The molecular weight excluding hydrogens is 256 g/mol. The number of likely N-dealkylation sites (tertiary alicyclic amines) is 1. The van der Waals surface area contributed by atoms with Gasteiger partial charge in [-0.15, -0.1) is 0 Å². The van der Waals surface area contributed by atoms with Crippen LogP contribution in [0.4, 0.5) is 10.5 Å². The molecule has 1 fully saturated rings. The first-order valence-corrected chi connectivity index (χ1v) is 6.95. The first-order valence-electron chi connectivity index (χ1n) is 6.95. The monoisotopic (exact) mass is 274 g/mol. The molecule has 2 heterocycles. The minimum Gasteiger partial charge on any atom is -0.481 e. The highest BCUT2D eigenvalue weighted by Gasteiger charge is 2.39. The molecule has 0 unspecified atom stereocenters. The van der Waals surface area contributed by atoms with Crippen molar-refractivity contribution in [2.75, 3.05) is 24.5 Å². The maximum Gasteiger partial charge on any atom is 0.324 e. The van der Waals surface area contributed by atoms with Gasteiger partial charge in [0.05, 0.1) is 5.92 Å². The first-order chi connectivity index (χ1) is 9.58. The number of carbonyl (C=O) groups excluding carboxylic acids is 1. The molecule has 20 heavy (non-hydrogen) atoms. The molecule has 1 saturated heterocycles. The van der Waals surface area contributed by atoms with Crippen LogP contribution in [0, 0.1) is 11.8 Å². The second-order valence-corrected chi connectivity index (χ2v) is 5.64. The van der Waals surface area contributed by atoms with E-state index in [0.717, 1.165) is 12.1 Å².